The van der Waals surface area contributed by atoms with Gasteiger partial charge in [0.15, 0.2) is 0 Å². The Morgan fingerprint density at radius 1 is 0.857 bits per heavy atom. The van der Waals surface area contributed by atoms with Crippen LogP contribution in [0.4, 0.5) is 0 Å². The molecule has 4 N–H and O–H groups in total. The quantitative estimate of drug-likeness (QED) is 0.242. The molecule has 0 unspecified atom stereocenters. The number of benzene rings is 2. The van der Waals surface area contributed by atoms with E-state index >= 15 is 0 Å². The van der Waals surface area contributed by atoms with Crippen molar-refractivity contribution in [3.05, 3.63) is 65.7 Å². The van der Waals surface area contributed by atoms with Crippen LogP contribution in [0.5, 0.6) is 5.75 Å². The Morgan fingerprint density at radius 3 is 2.09 bits per heavy atom. The molecule has 2 aromatic carbocycles. The number of piperidine rings is 1. The number of nitrogens with two attached hydrogens (primary N) is 1. The largest absolute Gasteiger partial charge is 0.508 e. The Morgan fingerprint density at radius 2 is 1.46 bits per heavy atom. The molecule has 1 heterocycles. The number of likely N-dealkylation sites (tertiary alicyclic amines) is 1. The Bertz CT molecular complexity index is 787. The van der Waals surface area contributed by atoms with E-state index in [1.807, 2.05) is 12.1 Å². The molecule has 3 rings (SSSR count). The summed E-state index contributed by atoms with van der Waals surface area (Å²) in [6.45, 7) is 6.59. The van der Waals surface area contributed by atoms with Crippen molar-refractivity contribution in [3.63, 3.8) is 0 Å². The van der Waals surface area contributed by atoms with Gasteiger partial charge >= 0.3 is 0 Å². The molecule has 0 spiro atoms. The first-order valence-corrected chi connectivity index (χ1v) is 14.2. The standard InChI is InChI=1S/C31H49N3O/c1-26(34-23-19-28(20-24-34)25-27-13-9-8-10-14-27)31(29-15-17-30(35)18-16-29)33-22-12-7-5-3-2-4-6-11-21-32/h8-10,13-18,26,28,31,33,35H,2-7,11-12,19-25,32H2,1H3/t26-,31+/m1/s1. The zero-order chi connectivity index (χ0) is 24.7. The molecule has 4 heteroatoms. The van der Waals surface area contributed by atoms with Crippen LogP contribution < -0.4 is 11.1 Å². The molecule has 2 atom stereocenters. The molecule has 2 aromatic rings. The monoisotopic (exact) mass is 479 g/mol. The third-order valence-corrected chi connectivity index (χ3v) is 7.82. The van der Waals surface area contributed by atoms with E-state index in [0.717, 1.165) is 19.0 Å². The van der Waals surface area contributed by atoms with E-state index < -0.39 is 0 Å². The van der Waals surface area contributed by atoms with E-state index in [-0.39, 0.29) is 6.04 Å². The second kappa shape index (κ2) is 16.0. The van der Waals surface area contributed by atoms with Gasteiger partial charge in [0.25, 0.3) is 0 Å². The zero-order valence-corrected chi connectivity index (χ0v) is 22.0. The fourth-order valence-electron chi connectivity index (χ4n) is 5.56. The number of hydrogen-bond donors (Lipinski definition) is 3. The zero-order valence-electron chi connectivity index (χ0n) is 22.0. The number of nitrogens with zero attached hydrogens (tertiary/aromatic N) is 1. The van der Waals surface area contributed by atoms with Gasteiger partial charge in [0, 0.05) is 12.1 Å². The van der Waals surface area contributed by atoms with Gasteiger partial charge in [-0.05, 0) is 94.4 Å². The fourth-order valence-corrected chi connectivity index (χ4v) is 5.56. The minimum absolute atomic E-state index is 0.289. The van der Waals surface area contributed by atoms with E-state index in [1.165, 1.54) is 94.8 Å². The molecule has 194 valence electrons. The van der Waals surface area contributed by atoms with Crippen LogP contribution in [0.1, 0.15) is 88.3 Å². The topological polar surface area (TPSA) is 61.5 Å². The van der Waals surface area contributed by atoms with Gasteiger partial charge in [0.05, 0.1) is 0 Å². The number of hydrogen-bond acceptors (Lipinski definition) is 4. The highest BCUT2D eigenvalue weighted by molar-refractivity contribution is 5.29. The predicted molar refractivity (Wildman–Crippen MR) is 149 cm³/mol. The lowest BCUT2D eigenvalue weighted by atomic mass is 9.88. The number of phenolic OH excluding ortho intramolecular Hbond substituents is 1. The number of aromatic hydroxyl groups is 1. The van der Waals surface area contributed by atoms with Gasteiger partial charge in [-0.25, -0.2) is 0 Å². The van der Waals surface area contributed by atoms with E-state index in [4.69, 9.17) is 5.73 Å². The van der Waals surface area contributed by atoms with E-state index in [2.05, 4.69) is 59.6 Å². The van der Waals surface area contributed by atoms with Crippen molar-refractivity contribution < 1.29 is 5.11 Å². The summed E-state index contributed by atoms with van der Waals surface area (Å²) in [5, 5.41) is 13.7. The van der Waals surface area contributed by atoms with Crippen LogP contribution in [-0.2, 0) is 6.42 Å². The molecule has 0 aromatic heterocycles. The van der Waals surface area contributed by atoms with Crippen LogP contribution in [0.3, 0.4) is 0 Å². The molecular formula is C31H49N3O. The molecule has 1 aliphatic heterocycles. The molecule has 35 heavy (non-hydrogen) atoms. The molecule has 0 amide bonds. The van der Waals surface area contributed by atoms with Crippen LogP contribution in [0.2, 0.25) is 0 Å². The highest BCUT2D eigenvalue weighted by atomic mass is 16.3. The first-order valence-electron chi connectivity index (χ1n) is 14.2. The number of nitrogens with one attached hydrogen (secondary N) is 1. The van der Waals surface area contributed by atoms with Crippen LogP contribution in [0, 0.1) is 5.92 Å². The van der Waals surface area contributed by atoms with Gasteiger partial charge in [0.1, 0.15) is 5.75 Å². The first kappa shape index (κ1) is 27.7. The lowest BCUT2D eigenvalue weighted by Crippen LogP contribution is -2.47. The summed E-state index contributed by atoms with van der Waals surface area (Å²) >= 11 is 0. The molecule has 0 aliphatic carbocycles. The summed E-state index contributed by atoms with van der Waals surface area (Å²) in [6, 6.07) is 19.5. The maximum Gasteiger partial charge on any atom is 0.115 e. The normalized spacial score (nSPS) is 16.9. The second-order valence-corrected chi connectivity index (χ2v) is 10.6. The van der Waals surface area contributed by atoms with Crippen molar-refractivity contribution >= 4 is 0 Å². The van der Waals surface area contributed by atoms with Gasteiger partial charge in [-0.1, -0.05) is 81.0 Å². The maximum absolute atomic E-state index is 9.80. The number of phenols is 1. The van der Waals surface area contributed by atoms with Gasteiger partial charge in [0.2, 0.25) is 0 Å². The first-order chi connectivity index (χ1) is 17.2. The highest BCUT2D eigenvalue weighted by Crippen LogP contribution is 2.28. The van der Waals surface area contributed by atoms with Gasteiger partial charge in [-0.3, -0.25) is 4.90 Å². The number of unbranched alkanes of at least 4 members (excludes halogenated alkanes) is 7. The minimum atomic E-state index is 0.289. The van der Waals surface area contributed by atoms with Gasteiger partial charge < -0.3 is 16.2 Å². The minimum Gasteiger partial charge on any atom is -0.508 e. The van der Waals surface area contributed by atoms with Crippen molar-refractivity contribution in [3.8, 4) is 5.75 Å². The molecule has 1 fully saturated rings. The summed E-state index contributed by atoms with van der Waals surface area (Å²) < 4.78 is 0. The molecule has 4 nitrogen and oxygen atoms in total. The summed E-state index contributed by atoms with van der Waals surface area (Å²) in [7, 11) is 0. The molecule has 1 saturated heterocycles. The van der Waals surface area contributed by atoms with Gasteiger partial charge in [-0.15, -0.1) is 0 Å². The van der Waals surface area contributed by atoms with Gasteiger partial charge in [-0.2, -0.15) is 0 Å². The third-order valence-electron chi connectivity index (χ3n) is 7.82. The highest BCUT2D eigenvalue weighted by Gasteiger charge is 2.28. The molecule has 0 radical (unpaired) electrons. The average Bonchev–Trinajstić information content (AvgIpc) is 2.89. The predicted octanol–water partition coefficient (Wildman–Crippen LogP) is 6.45. The summed E-state index contributed by atoms with van der Waals surface area (Å²) in [5.74, 6) is 1.13. The Balaban J connectivity index is 1.44. The Labute approximate surface area is 214 Å². The SMILES string of the molecule is C[C@H]([C@H](NCCCCCCCCCCN)c1ccc(O)cc1)N1CCC(Cc2ccccc2)CC1. The summed E-state index contributed by atoms with van der Waals surface area (Å²) in [6.07, 6.45) is 14.1. The lowest BCUT2D eigenvalue weighted by molar-refractivity contribution is 0.115. The smallest absolute Gasteiger partial charge is 0.115 e. The molecule has 0 bridgehead atoms. The summed E-state index contributed by atoms with van der Waals surface area (Å²) in [4.78, 5) is 2.67. The van der Waals surface area contributed by atoms with Crippen LogP contribution >= 0.6 is 0 Å². The third kappa shape index (κ3) is 9.95. The van der Waals surface area contributed by atoms with Crippen molar-refractivity contribution in [1.29, 1.82) is 0 Å². The molecule has 0 saturated carbocycles. The lowest BCUT2D eigenvalue weighted by Gasteiger charge is -2.40. The van der Waals surface area contributed by atoms with E-state index in [1.54, 1.807) is 0 Å². The van der Waals surface area contributed by atoms with E-state index in [0.29, 0.717) is 11.8 Å². The molecule has 1 aliphatic rings. The molecular weight excluding hydrogens is 430 g/mol. The average molecular weight is 480 g/mol. The van der Waals surface area contributed by atoms with Crippen LogP contribution in [0.15, 0.2) is 54.6 Å². The maximum atomic E-state index is 9.80. The number of rotatable bonds is 16. The fraction of sp³-hybridized carbons (Fsp3) is 0.613. The van der Waals surface area contributed by atoms with E-state index in [9.17, 15) is 5.11 Å². The second-order valence-electron chi connectivity index (χ2n) is 10.6. The van der Waals surface area contributed by atoms with Crippen molar-refractivity contribution in [2.75, 3.05) is 26.2 Å². The van der Waals surface area contributed by atoms with Crippen LogP contribution in [-0.4, -0.2) is 42.2 Å². The Hall–Kier alpha value is -1.88. The van der Waals surface area contributed by atoms with Crippen molar-refractivity contribution in [2.45, 2.75) is 89.6 Å². The van der Waals surface area contributed by atoms with Crippen molar-refractivity contribution in [1.82, 2.24) is 10.2 Å². The van der Waals surface area contributed by atoms with Crippen LogP contribution in [0.25, 0.3) is 0 Å². The summed E-state index contributed by atoms with van der Waals surface area (Å²) in [5.41, 5.74) is 8.33. The van der Waals surface area contributed by atoms with Crippen molar-refractivity contribution in [2.24, 2.45) is 11.7 Å². The Kier molecular flexibility index (Phi) is 12.6.